The SMILES string of the molecule is O=C1C(c2ccccc2)=C(c2ccccc2)c2ccc3ccccc3c21. The Hall–Kier alpha value is -3.45. The van der Waals surface area contributed by atoms with Crippen LogP contribution in [0.1, 0.15) is 27.0 Å². The number of hydrogen-bond acceptors (Lipinski definition) is 1. The molecule has 0 atom stereocenters. The number of allylic oxidation sites excluding steroid dienone is 1. The first-order chi connectivity index (χ1) is 12.8. The normalized spacial score (nSPS) is 13.3. The Balaban J connectivity index is 1.88. The van der Waals surface area contributed by atoms with Gasteiger partial charge in [-0.05, 0) is 27.5 Å². The van der Waals surface area contributed by atoms with E-state index in [1.54, 1.807) is 0 Å². The first kappa shape index (κ1) is 14.9. The summed E-state index contributed by atoms with van der Waals surface area (Å²) in [5.74, 6) is 0.113. The van der Waals surface area contributed by atoms with Crippen molar-refractivity contribution in [3.8, 4) is 0 Å². The topological polar surface area (TPSA) is 17.1 Å². The summed E-state index contributed by atoms with van der Waals surface area (Å²) in [6, 6.07) is 32.5. The molecule has 0 spiro atoms. The molecule has 0 radical (unpaired) electrons. The van der Waals surface area contributed by atoms with E-state index in [9.17, 15) is 4.79 Å². The minimum Gasteiger partial charge on any atom is -0.289 e. The molecule has 1 aliphatic carbocycles. The summed E-state index contributed by atoms with van der Waals surface area (Å²) in [4.78, 5) is 13.5. The number of fused-ring (bicyclic) bond motifs is 3. The first-order valence-corrected chi connectivity index (χ1v) is 8.76. The third kappa shape index (κ3) is 2.14. The van der Waals surface area contributed by atoms with E-state index >= 15 is 0 Å². The summed E-state index contributed by atoms with van der Waals surface area (Å²) >= 11 is 0. The van der Waals surface area contributed by atoms with Gasteiger partial charge in [0.2, 0.25) is 0 Å². The Morgan fingerprint density at radius 1 is 0.500 bits per heavy atom. The van der Waals surface area contributed by atoms with Crippen molar-refractivity contribution >= 4 is 27.7 Å². The molecule has 0 amide bonds. The van der Waals surface area contributed by atoms with E-state index in [1.807, 2.05) is 66.7 Å². The maximum Gasteiger partial charge on any atom is 0.195 e. The van der Waals surface area contributed by atoms with Crippen molar-refractivity contribution in [3.63, 3.8) is 0 Å². The number of carbonyl (C=O) groups is 1. The molecule has 0 saturated heterocycles. The minimum absolute atomic E-state index is 0.113. The Bertz CT molecular complexity index is 1170. The third-order valence-corrected chi connectivity index (χ3v) is 5.03. The molecule has 0 aliphatic heterocycles. The van der Waals surface area contributed by atoms with Crippen molar-refractivity contribution in [1.82, 2.24) is 0 Å². The van der Waals surface area contributed by atoms with Crippen LogP contribution in [0.4, 0.5) is 0 Å². The first-order valence-electron chi connectivity index (χ1n) is 8.76. The average molecular weight is 332 g/mol. The lowest BCUT2D eigenvalue weighted by atomic mass is 9.94. The summed E-state index contributed by atoms with van der Waals surface area (Å²) in [7, 11) is 0. The lowest BCUT2D eigenvalue weighted by Crippen LogP contribution is -1.99. The van der Waals surface area contributed by atoms with Crippen LogP contribution in [0.15, 0.2) is 97.1 Å². The van der Waals surface area contributed by atoms with Crippen LogP contribution in [0, 0.1) is 0 Å². The van der Waals surface area contributed by atoms with E-state index in [-0.39, 0.29) is 5.78 Å². The van der Waals surface area contributed by atoms with E-state index in [1.165, 1.54) is 0 Å². The predicted molar refractivity (Wildman–Crippen MR) is 107 cm³/mol. The van der Waals surface area contributed by atoms with Crippen molar-refractivity contribution in [2.45, 2.75) is 0 Å². The van der Waals surface area contributed by atoms with Crippen molar-refractivity contribution in [2.24, 2.45) is 0 Å². The van der Waals surface area contributed by atoms with Gasteiger partial charge in [0.15, 0.2) is 5.78 Å². The Morgan fingerprint density at radius 3 is 1.77 bits per heavy atom. The van der Waals surface area contributed by atoms with E-state index in [0.717, 1.165) is 44.2 Å². The van der Waals surface area contributed by atoms with Gasteiger partial charge < -0.3 is 0 Å². The van der Waals surface area contributed by atoms with Gasteiger partial charge in [-0.25, -0.2) is 0 Å². The quantitative estimate of drug-likeness (QED) is 0.440. The number of benzene rings is 4. The van der Waals surface area contributed by atoms with Gasteiger partial charge in [-0.2, -0.15) is 0 Å². The van der Waals surface area contributed by atoms with Crippen molar-refractivity contribution in [2.75, 3.05) is 0 Å². The average Bonchev–Trinajstić information content (AvgIpc) is 3.02. The number of rotatable bonds is 2. The summed E-state index contributed by atoms with van der Waals surface area (Å²) in [6.45, 7) is 0. The fourth-order valence-corrected chi connectivity index (χ4v) is 3.88. The van der Waals surface area contributed by atoms with Crippen molar-refractivity contribution < 1.29 is 4.79 Å². The van der Waals surface area contributed by atoms with Gasteiger partial charge in [0.25, 0.3) is 0 Å². The molecular weight excluding hydrogens is 316 g/mol. The maximum atomic E-state index is 13.5. The van der Waals surface area contributed by atoms with Gasteiger partial charge in [-0.1, -0.05) is 97.1 Å². The van der Waals surface area contributed by atoms with Crippen LogP contribution in [0.2, 0.25) is 0 Å². The fraction of sp³-hybridized carbons (Fsp3) is 0. The van der Waals surface area contributed by atoms with Crippen LogP contribution < -0.4 is 0 Å². The fourth-order valence-electron chi connectivity index (χ4n) is 3.88. The summed E-state index contributed by atoms with van der Waals surface area (Å²) in [6.07, 6.45) is 0. The highest BCUT2D eigenvalue weighted by Crippen LogP contribution is 2.44. The zero-order valence-corrected chi connectivity index (χ0v) is 14.1. The van der Waals surface area contributed by atoms with E-state index in [0.29, 0.717) is 0 Å². The highest BCUT2D eigenvalue weighted by Gasteiger charge is 2.32. The Kier molecular flexibility index (Phi) is 3.32. The van der Waals surface area contributed by atoms with Gasteiger partial charge in [0.05, 0.1) is 0 Å². The molecule has 122 valence electrons. The van der Waals surface area contributed by atoms with E-state index < -0.39 is 0 Å². The van der Waals surface area contributed by atoms with Crippen LogP contribution >= 0.6 is 0 Å². The minimum atomic E-state index is 0.113. The third-order valence-electron chi connectivity index (χ3n) is 5.03. The molecule has 0 aromatic heterocycles. The van der Waals surface area contributed by atoms with Gasteiger partial charge in [0, 0.05) is 16.7 Å². The zero-order chi connectivity index (χ0) is 17.5. The van der Waals surface area contributed by atoms with Crippen LogP contribution in [0.3, 0.4) is 0 Å². The molecule has 0 unspecified atom stereocenters. The van der Waals surface area contributed by atoms with Crippen LogP contribution in [-0.2, 0) is 0 Å². The lowest BCUT2D eigenvalue weighted by Gasteiger charge is -2.09. The van der Waals surface area contributed by atoms with E-state index in [2.05, 4.69) is 30.3 Å². The second-order valence-corrected chi connectivity index (χ2v) is 6.52. The summed E-state index contributed by atoms with van der Waals surface area (Å²) < 4.78 is 0. The van der Waals surface area contributed by atoms with Gasteiger partial charge >= 0.3 is 0 Å². The van der Waals surface area contributed by atoms with Crippen LogP contribution in [-0.4, -0.2) is 5.78 Å². The summed E-state index contributed by atoms with van der Waals surface area (Å²) in [5, 5.41) is 2.12. The number of hydrogen-bond donors (Lipinski definition) is 0. The number of carbonyl (C=O) groups excluding carboxylic acids is 1. The van der Waals surface area contributed by atoms with Crippen molar-refractivity contribution in [3.05, 3.63) is 119 Å². The molecule has 0 N–H and O–H groups in total. The second kappa shape index (κ2) is 5.82. The largest absolute Gasteiger partial charge is 0.289 e. The Morgan fingerprint density at radius 2 is 1.08 bits per heavy atom. The zero-order valence-electron chi connectivity index (χ0n) is 14.1. The predicted octanol–water partition coefficient (Wildman–Crippen LogP) is 6.00. The molecule has 1 aliphatic rings. The molecule has 4 aromatic rings. The molecule has 1 nitrogen and oxygen atoms in total. The molecule has 4 aromatic carbocycles. The lowest BCUT2D eigenvalue weighted by molar-refractivity contribution is 0.106. The molecular formula is C25H16O. The molecule has 0 heterocycles. The number of Topliss-reactive ketones (excluding diaryl/α,β-unsaturated/α-hetero) is 1. The maximum absolute atomic E-state index is 13.5. The van der Waals surface area contributed by atoms with Crippen molar-refractivity contribution in [1.29, 1.82) is 0 Å². The molecule has 5 rings (SSSR count). The van der Waals surface area contributed by atoms with Gasteiger partial charge in [-0.3, -0.25) is 4.79 Å². The highest BCUT2D eigenvalue weighted by molar-refractivity contribution is 6.44. The Labute approximate surface area is 152 Å². The van der Waals surface area contributed by atoms with Gasteiger partial charge in [0.1, 0.15) is 0 Å². The molecule has 0 bridgehead atoms. The number of ketones is 1. The van der Waals surface area contributed by atoms with Gasteiger partial charge in [-0.15, -0.1) is 0 Å². The van der Waals surface area contributed by atoms with Crippen LogP contribution in [0.5, 0.6) is 0 Å². The monoisotopic (exact) mass is 332 g/mol. The summed E-state index contributed by atoms with van der Waals surface area (Å²) in [5.41, 5.74) is 5.72. The molecule has 0 saturated carbocycles. The highest BCUT2D eigenvalue weighted by atomic mass is 16.1. The molecule has 0 fully saturated rings. The second-order valence-electron chi connectivity index (χ2n) is 6.52. The van der Waals surface area contributed by atoms with E-state index in [4.69, 9.17) is 0 Å². The van der Waals surface area contributed by atoms with Crippen LogP contribution in [0.25, 0.3) is 21.9 Å². The molecule has 26 heavy (non-hydrogen) atoms. The molecule has 1 heteroatoms. The standard InChI is InChI=1S/C25H16O/c26-25-23(19-12-5-2-6-13-19)22(18-10-3-1-4-11-18)21-16-15-17-9-7-8-14-20(17)24(21)25/h1-16H. The smallest absolute Gasteiger partial charge is 0.195 e.